The summed E-state index contributed by atoms with van der Waals surface area (Å²) in [5.74, 6) is -0.912. The Kier molecular flexibility index (Phi) is 8.74. The number of aromatic nitrogens is 2. The molecule has 7 N–H and O–H groups in total. The number of rotatable bonds is 10. The minimum atomic E-state index is -0.485. The predicted octanol–water partition coefficient (Wildman–Crippen LogP) is 4.01. The first-order chi connectivity index (χ1) is 21.2. The fourth-order valence-electron chi connectivity index (χ4n) is 4.65. The maximum Gasteiger partial charge on any atom is 0.276 e. The van der Waals surface area contributed by atoms with Gasteiger partial charge in [0, 0.05) is 30.5 Å². The van der Waals surface area contributed by atoms with E-state index in [2.05, 4.69) is 41.4 Å². The maximum atomic E-state index is 13.6. The summed E-state index contributed by atoms with van der Waals surface area (Å²) in [4.78, 5) is 45.0. The number of carbonyl (C=O) groups is 3. The molecule has 44 heavy (non-hydrogen) atoms. The third-order valence-corrected chi connectivity index (χ3v) is 6.93. The Bertz CT molecular complexity index is 1800. The normalized spacial score (nSPS) is 13.2. The van der Waals surface area contributed by atoms with Crippen molar-refractivity contribution in [2.24, 2.45) is 10.2 Å². The first-order valence-electron chi connectivity index (χ1n) is 13.8. The van der Waals surface area contributed by atoms with Gasteiger partial charge in [0.05, 0.1) is 40.1 Å². The van der Waals surface area contributed by atoms with Gasteiger partial charge in [-0.05, 0) is 68.3 Å². The SMILES string of the molecule is Cc1[nH]c(/C=N/N=C2\C(=O)Nc3ccc(F)cc32)c(C)c1C(=O)NCCCNc1ccc(C(=O)Nc2ccccc2N)cn1. The molecule has 0 saturated carbocycles. The summed E-state index contributed by atoms with van der Waals surface area (Å²) in [6, 6.07) is 14.3. The van der Waals surface area contributed by atoms with Crippen molar-refractivity contribution in [1.82, 2.24) is 15.3 Å². The molecule has 1 aliphatic rings. The molecule has 12 nitrogen and oxygen atoms in total. The molecule has 1 aliphatic heterocycles. The van der Waals surface area contributed by atoms with Crippen LogP contribution in [0, 0.1) is 19.7 Å². The molecule has 4 aromatic rings. The van der Waals surface area contributed by atoms with Crippen molar-refractivity contribution in [3.8, 4) is 0 Å². The lowest BCUT2D eigenvalue weighted by atomic mass is 10.1. The lowest BCUT2D eigenvalue weighted by Gasteiger charge is -2.09. The molecule has 0 spiro atoms. The number of halogens is 1. The molecular formula is C31H30FN9O3. The van der Waals surface area contributed by atoms with Gasteiger partial charge in [0.25, 0.3) is 17.7 Å². The summed E-state index contributed by atoms with van der Waals surface area (Å²) in [6.45, 7) is 4.52. The molecule has 0 unspecified atom stereocenters. The smallest absolute Gasteiger partial charge is 0.276 e. The number of fused-ring (bicyclic) bond motifs is 1. The van der Waals surface area contributed by atoms with Crippen LogP contribution < -0.4 is 27.0 Å². The van der Waals surface area contributed by atoms with Gasteiger partial charge in [0.15, 0.2) is 5.71 Å². The molecular weight excluding hydrogens is 565 g/mol. The second-order valence-corrected chi connectivity index (χ2v) is 10.0. The topological polar surface area (TPSA) is 179 Å². The van der Waals surface area contributed by atoms with E-state index in [-0.39, 0.29) is 17.5 Å². The number of H-pyrrole nitrogens is 1. The number of para-hydroxylation sites is 2. The quantitative estimate of drug-likeness (QED) is 0.0698. The van der Waals surface area contributed by atoms with Crippen molar-refractivity contribution >= 4 is 52.5 Å². The van der Waals surface area contributed by atoms with Crippen molar-refractivity contribution in [3.05, 3.63) is 100 Å². The highest BCUT2D eigenvalue weighted by Gasteiger charge is 2.26. The van der Waals surface area contributed by atoms with E-state index in [0.717, 1.165) is 0 Å². The zero-order chi connectivity index (χ0) is 31.2. The summed E-state index contributed by atoms with van der Waals surface area (Å²) >= 11 is 0. The van der Waals surface area contributed by atoms with Crippen LogP contribution in [-0.2, 0) is 4.79 Å². The van der Waals surface area contributed by atoms with Crippen molar-refractivity contribution < 1.29 is 18.8 Å². The highest BCUT2D eigenvalue weighted by Crippen LogP contribution is 2.24. The van der Waals surface area contributed by atoms with Gasteiger partial charge in [-0.2, -0.15) is 5.10 Å². The number of aryl methyl sites for hydroxylation is 1. The van der Waals surface area contributed by atoms with Crippen LogP contribution in [-0.4, -0.2) is 52.7 Å². The third kappa shape index (κ3) is 6.62. The molecule has 0 aliphatic carbocycles. The van der Waals surface area contributed by atoms with Gasteiger partial charge < -0.3 is 32.0 Å². The van der Waals surface area contributed by atoms with Gasteiger partial charge in [-0.15, -0.1) is 5.10 Å². The van der Waals surface area contributed by atoms with Crippen LogP contribution in [0.1, 0.15) is 49.7 Å². The third-order valence-electron chi connectivity index (χ3n) is 6.93. The summed E-state index contributed by atoms with van der Waals surface area (Å²) in [5, 5.41) is 19.5. The summed E-state index contributed by atoms with van der Waals surface area (Å²) < 4.78 is 13.6. The number of hydrogen-bond acceptors (Lipinski definition) is 8. The van der Waals surface area contributed by atoms with E-state index >= 15 is 0 Å². The number of nitrogens with two attached hydrogens (primary N) is 1. The Morgan fingerprint density at radius 3 is 2.66 bits per heavy atom. The second kappa shape index (κ2) is 13.0. The zero-order valence-electron chi connectivity index (χ0n) is 24.0. The first-order valence-corrected chi connectivity index (χ1v) is 13.8. The Balaban J connectivity index is 1.10. The van der Waals surface area contributed by atoms with Crippen LogP contribution in [0.15, 0.2) is 71.0 Å². The number of hydrogen-bond donors (Lipinski definition) is 6. The Morgan fingerprint density at radius 1 is 1.07 bits per heavy atom. The molecule has 3 amide bonds. The number of benzene rings is 2. The number of aromatic amines is 1. The van der Waals surface area contributed by atoms with Crippen molar-refractivity contribution in [2.75, 3.05) is 34.8 Å². The van der Waals surface area contributed by atoms with E-state index in [1.54, 1.807) is 50.2 Å². The molecule has 0 atom stereocenters. The number of nitrogens with zero attached hydrogens (tertiary/aromatic N) is 3. The molecule has 2 aromatic carbocycles. The number of carbonyl (C=O) groups excluding carboxylic acids is 3. The molecule has 2 aromatic heterocycles. The van der Waals surface area contributed by atoms with Gasteiger partial charge >= 0.3 is 0 Å². The number of nitrogens with one attached hydrogen (secondary N) is 5. The van der Waals surface area contributed by atoms with Gasteiger partial charge in [0.2, 0.25) is 0 Å². The van der Waals surface area contributed by atoms with Crippen LogP contribution >= 0.6 is 0 Å². The Labute approximate surface area is 252 Å². The number of amides is 3. The molecule has 5 rings (SSSR count). The fraction of sp³-hybridized carbons (Fsp3) is 0.161. The van der Waals surface area contributed by atoms with Crippen LogP contribution in [0.25, 0.3) is 0 Å². The predicted molar refractivity (Wildman–Crippen MR) is 168 cm³/mol. The minimum absolute atomic E-state index is 0.00793. The summed E-state index contributed by atoms with van der Waals surface area (Å²) in [5.41, 5.74) is 10.5. The number of pyridine rings is 1. The van der Waals surface area contributed by atoms with Gasteiger partial charge in [-0.3, -0.25) is 14.4 Å². The van der Waals surface area contributed by atoms with Gasteiger partial charge in [0.1, 0.15) is 11.6 Å². The first kappa shape index (κ1) is 29.6. The van der Waals surface area contributed by atoms with E-state index in [9.17, 15) is 18.8 Å². The molecule has 3 heterocycles. The molecule has 0 saturated heterocycles. The van der Waals surface area contributed by atoms with E-state index < -0.39 is 11.7 Å². The lowest BCUT2D eigenvalue weighted by molar-refractivity contribution is -0.110. The Hall–Kier alpha value is -5.85. The molecule has 0 radical (unpaired) electrons. The van der Waals surface area contributed by atoms with Crippen molar-refractivity contribution in [1.29, 1.82) is 0 Å². The van der Waals surface area contributed by atoms with E-state index in [4.69, 9.17) is 5.73 Å². The lowest BCUT2D eigenvalue weighted by Crippen LogP contribution is -2.26. The van der Waals surface area contributed by atoms with Crippen molar-refractivity contribution in [2.45, 2.75) is 20.3 Å². The molecule has 0 bridgehead atoms. The highest BCUT2D eigenvalue weighted by atomic mass is 19.1. The van der Waals surface area contributed by atoms with E-state index in [1.165, 1.54) is 30.6 Å². The molecule has 0 fully saturated rings. The number of anilines is 4. The monoisotopic (exact) mass is 595 g/mol. The summed E-state index contributed by atoms with van der Waals surface area (Å²) in [6.07, 6.45) is 3.52. The second-order valence-electron chi connectivity index (χ2n) is 10.0. The van der Waals surface area contributed by atoms with Crippen LogP contribution in [0.3, 0.4) is 0 Å². The van der Waals surface area contributed by atoms with Gasteiger partial charge in [-0.25, -0.2) is 9.37 Å². The Morgan fingerprint density at radius 2 is 1.89 bits per heavy atom. The maximum absolute atomic E-state index is 13.6. The minimum Gasteiger partial charge on any atom is -0.397 e. The largest absolute Gasteiger partial charge is 0.397 e. The molecule has 224 valence electrons. The average Bonchev–Trinajstić information content (AvgIpc) is 3.47. The van der Waals surface area contributed by atoms with Crippen LogP contribution in [0.2, 0.25) is 0 Å². The average molecular weight is 596 g/mol. The van der Waals surface area contributed by atoms with E-state index in [0.29, 0.717) is 76.0 Å². The van der Waals surface area contributed by atoms with Crippen LogP contribution in [0.5, 0.6) is 0 Å². The highest BCUT2D eigenvalue weighted by molar-refractivity contribution is 6.53. The van der Waals surface area contributed by atoms with E-state index in [1.807, 2.05) is 0 Å². The fourth-order valence-corrected chi connectivity index (χ4v) is 4.65. The summed E-state index contributed by atoms with van der Waals surface area (Å²) in [7, 11) is 0. The van der Waals surface area contributed by atoms with Crippen molar-refractivity contribution in [3.63, 3.8) is 0 Å². The molecule has 13 heteroatoms. The van der Waals surface area contributed by atoms with Gasteiger partial charge in [-0.1, -0.05) is 12.1 Å². The zero-order valence-corrected chi connectivity index (χ0v) is 24.0. The standard InChI is InChI=1S/C31H30FN9O3/c1-17-25(16-37-41-28-21-14-20(32)9-10-23(21)39-31(28)44)38-18(2)27(17)30(43)35-13-5-12-34-26-11-8-19(15-36-26)29(42)40-24-7-4-3-6-22(24)33/h3-4,6-11,14-16,38H,5,12-13,33H2,1-2H3,(H,34,36)(H,35,43)(H,40,42)(H,39,41,44)/b37-16+. The number of nitrogen functional groups attached to an aromatic ring is 1. The van der Waals surface area contributed by atoms with Crippen LogP contribution in [0.4, 0.5) is 27.3 Å².